The Kier molecular flexibility index (Phi) is 5.62. The molecule has 118 valence electrons. The van der Waals surface area contributed by atoms with E-state index >= 15 is 0 Å². The highest BCUT2D eigenvalue weighted by Crippen LogP contribution is 2.31. The van der Waals surface area contributed by atoms with Gasteiger partial charge in [-0.3, -0.25) is 4.90 Å². The summed E-state index contributed by atoms with van der Waals surface area (Å²) in [5, 5.41) is 0. The number of benzene rings is 1. The molecule has 0 amide bonds. The summed E-state index contributed by atoms with van der Waals surface area (Å²) in [4.78, 5) is 4.80. The predicted molar refractivity (Wildman–Crippen MR) is 87.6 cm³/mol. The van der Waals surface area contributed by atoms with Crippen molar-refractivity contribution in [2.24, 2.45) is 11.7 Å². The van der Waals surface area contributed by atoms with Gasteiger partial charge in [0.1, 0.15) is 5.75 Å². The fourth-order valence-electron chi connectivity index (χ4n) is 3.53. The molecule has 1 aromatic rings. The fourth-order valence-corrected chi connectivity index (χ4v) is 3.53. The smallest absolute Gasteiger partial charge is 0.123 e. The SMILES string of the molecule is COc1ccccc1C(C(C)N)N(C)CC1CCN(C)C1. The van der Waals surface area contributed by atoms with Crippen molar-refractivity contribution in [3.8, 4) is 5.75 Å². The van der Waals surface area contributed by atoms with Crippen LogP contribution in [-0.2, 0) is 0 Å². The molecule has 1 aliphatic rings. The van der Waals surface area contributed by atoms with Crippen molar-refractivity contribution in [1.82, 2.24) is 9.80 Å². The quantitative estimate of drug-likeness (QED) is 0.870. The number of methoxy groups -OCH3 is 1. The zero-order valence-electron chi connectivity index (χ0n) is 13.7. The van der Waals surface area contributed by atoms with E-state index in [1.54, 1.807) is 7.11 Å². The lowest BCUT2D eigenvalue weighted by atomic mass is 9.97. The number of nitrogens with zero attached hydrogens (tertiary/aromatic N) is 2. The lowest BCUT2D eigenvalue weighted by molar-refractivity contribution is 0.184. The van der Waals surface area contributed by atoms with Gasteiger partial charge in [0.25, 0.3) is 0 Å². The van der Waals surface area contributed by atoms with Gasteiger partial charge in [-0.25, -0.2) is 0 Å². The second kappa shape index (κ2) is 7.25. The standard InChI is InChI=1S/C17H29N3O/c1-13(18)17(15-7-5-6-8-16(15)21-4)20(3)12-14-9-10-19(2)11-14/h5-8,13-14,17H,9-12,18H2,1-4H3. The van der Waals surface area contributed by atoms with E-state index in [1.165, 1.54) is 25.1 Å². The Hall–Kier alpha value is -1.10. The van der Waals surface area contributed by atoms with Crippen LogP contribution < -0.4 is 10.5 Å². The highest BCUT2D eigenvalue weighted by molar-refractivity contribution is 5.36. The van der Waals surface area contributed by atoms with Crippen LogP contribution in [0.25, 0.3) is 0 Å². The van der Waals surface area contributed by atoms with E-state index in [2.05, 4.69) is 43.0 Å². The van der Waals surface area contributed by atoms with Crippen molar-refractivity contribution in [1.29, 1.82) is 0 Å². The Bertz CT molecular complexity index is 449. The highest BCUT2D eigenvalue weighted by Gasteiger charge is 2.28. The van der Waals surface area contributed by atoms with Gasteiger partial charge < -0.3 is 15.4 Å². The number of ether oxygens (including phenoxy) is 1. The summed E-state index contributed by atoms with van der Waals surface area (Å²) < 4.78 is 5.52. The second-order valence-electron chi connectivity index (χ2n) is 6.40. The number of likely N-dealkylation sites (N-methyl/N-ethyl adjacent to an activating group) is 1. The average molecular weight is 291 g/mol. The van der Waals surface area contributed by atoms with Crippen LogP contribution in [0.15, 0.2) is 24.3 Å². The van der Waals surface area contributed by atoms with Gasteiger partial charge in [0.15, 0.2) is 0 Å². The molecule has 0 spiro atoms. The molecule has 0 saturated carbocycles. The largest absolute Gasteiger partial charge is 0.496 e. The van der Waals surface area contributed by atoms with E-state index in [1.807, 2.05) is 12.1 Å². The van der Waals surface area contributed by atoms with Crippen LogP contribution in [0.4, 0.5) is 0 Å². The number of hydrogen-bond acceptors (Lipinski definition) is 4. The Labute approximate surface area is 128 Å². The molecule has 3 atom stereocenters. The van der Waals surface area contributed by atoms with Crippen LogP contribution >= 0.6 is 0 Å². The zero-order chi connectivity index (χ0) is 15.4. The second-order valence-corrected chi connectivity index (χ2v) is 6.40. The molecule has 4 heteroatoms. The summed E-state index contributed by atoms with van der Waals surface area (Å²) in [5.41, 5.74) is 7.47. The van der Waals surface area contributed by atoms with E-state index < -0.39 is 0 Å². The van der Waals surface area contributed by atoms with Crippen LogP contribution in [0.5, 0.6) is 5.75 Å². The first-order chi connectivity index (χ1) is 10.0. The molecule has 0 aromatic heterocycles. The average Bonchev–Trinajstić information content (AvgIpc) is 2.84. The lowest BCUT2D eigenvalue weighted by Crippen LogP contribution is -2.40. The van der Waals surface area contributed by atoms with Crippen molar-refractivity contribution in [3.05, 3.63) is 29.8 Å². The van der Waals surface area contributed by atoms with Crippen LogP contribution in [0.3, 0.4) is 0 Å². The first kappa shape index (κ1) is 16.3. The molecule has 2 N–H and O–H groups in total. The summed E-state index contributed by atoms with van der Waals surface area (Å²) in [6.07, 6.45) is 1.28. The molecule has 1 saturated heterocycles. The van der Waals surface area contributed by atoms with Gasteiger partial charge >= 0.3 is 0 Å². The Morgan fingerprint density at radius 3 is 2.71 bits per heavy atom. The molecular formula is C17H29N3O. The van der Waals surface area contributed by atoms with Gasteiger partial charge in [0.05, 0.1) is 13.2 Å². The van der Waals surface area contributed by atoms with Crippen molar-refractivity contribution < 1.29 is 4.74 Å². The van der Waals surface area contributed by atoms with Gasteiger partial charge in [-0.15, -0.1) is 0 Å². The Morgan fingerprint density at radius 1 is 1.43 bits per heavy atom. The summed E-state index contributed by atoms with van der Waals surface area (Å²) in [7, 11) is 6.10. The molecular weight excluding hydrogens is 262 g/mol. The van der Waals surface area contributed by atoms with E-state index in [4.69, 9.17) is 10.5 Å². The molecule has 0 bridgehead atoms. The molecule has 1 aromatic carbocycles. The van der Waals surface area contributed by atoms with Crippen LogP contribution in [0, 0.1) is 5.92 Å². The van der Waals surface area contributed by atoms with E-state index in [-0.39, 0.29) is 12.1 Å². The number of hydrogen-bond donors (Lipinski definition) is 1. The molecule has 1 aliphatic heterocycles. The third-order valence-electron chi connectivity index (χ3n) is 4.47. The first-order valence-corrected chi connectivity index (χ1v) is 7.80. The monoisotopic (exact) mass is 291 g/mol. The van der Waals surface area contributed by atoms with Gasteiger partial charge in [-0.05, 0) is 46.0 Å². The summed E-state index contributed by atoms with van der Waals surface area (Å²) in [5.74, 6) is 1.66. The van der Waals surface area contributed by atoms with Crippen LogP contribution in [0.1, 0.15) is 24.9 Å². The number of likely N-dealkylation sites (tertiary alicyclic amines) is 1. The maximum absolute atomic E-state index is 6.29. The molecule has 3 unspecified atom stereocenters. The summed E-state index contributed by atoms with van der Waals surface area (Å²) in [6.45, 7) is 5.54. The van der Waals surface area contributed by atoms with Gasteiger partial charge in [-0.1, -0.05) is 18.2 Å². The Morgan fingerprint density at radius 2 is 2.14 bits per heavy atom. The molecule has 21 heavy (non-hydrogen) atoms. The predicted octanol–water partition coefficient (Wildman–Crippen LogP) is 1.97. The van der Waals surface area contributed by atoms with E-state index in [0.29, 0.717) is 0 Å². The van der Waals surface area contributed by atoms with Crippen molar-refractivity contribution in [2.75, 3.05) is 40.8 Å². The zero-order valence-corrected chi connectivity index (χ0v) is 13.7. The maximum atomic E-state index is 6.29. The highest BCUT2D eigenvalue weighted by atomic mass is 16.5. The van der Waals surface area contributed by atoms with Crippen LogP contribution in [0.2, 0.25) is 0 Å². The normalized spacial score (nSPS) is 22.5. The third-order valence-corrected chi connectivity index (χ3v) is 4.47. The molecule has 1 fully saturated rings. The molecule has 1 heterocycles. The fraction of sp³-hybridized carbons (Fsp3) is 0.647. The van der Waals surface area contributed by atoms with Gasteiger partial charge in [-0.2, -0.15) is 0 Å². The number of rotatable bonds is 6. The number of nitrogens with two attached hydrogens (primary N) is 1. The summed E-state index contributed by atoms with van der Waals surface area (Å²) >= 11 is 0. The minimum atomic E-state index is 0.0606. The minimum Gasteiger partial charge on any atom is -0.496 e. The van der Waals surface area contributed by atoms with Crippen molar-refractivity contribution >= 4 is 0 Å². The lowest BCUT2D eigenvalue weighted by Gasteiger charge is -2.34. The number of para-hydroxylation sites is 1. The third kappa shape index (κ3) is 3.96. The van der Waals surface area contributed by atoms with Gasteiger partial charge in [0, 0.05) is 24.7 Å². The minimum absolute atomic E-state index is 0.0606. The van der Waals surface area contributed by atoms with E-state index in [0.717, 1.165) is 18.2 Å². The Balaban J connectivity index is 2.14. The molecule has 4 nitrogen and oxygen atoms in total. The molecule has 0 radical (unpaired) electrons. The molecule has 2 rings (SSSR count). The van der Waals surface area contributed by atoms with E-state index in [9.17, 15) is 0 Å². The topological polar surface area (TPSA) is 41.7 Å². The first-order valence-electron chi connectivity index (χ1n) is 7.80. The van der Waals surface area contributed by atoms with Crippen molar-refractivity contribution in [2.45, 2.75) is 25.4 Å². The molecule has 0 aliphatic carbocycles. The van der Waals surface area contributed by atoms with Gasteiger partial charge in [0.2, 0.25) is 0 Å². The summed E-state index contributed by atoms with van der Waals surface area (Å²) in [6, 6.07) is 8.46. The van der Waals surface area contributed by atoms with Crippen molar-refractivity contribution in [3.63, 3.8) is 0 Å². The maximum Gasteiger partial charge on any atom is 0.123 e. The van der Waals surface area contributed by atoms with Crippen LogP contribution in [-0.4, -0.2) is 56.7 Å².